The number of nitriles is 1. The lowest BCUT2D eigenvalue weighted by molar-refractivity contribution is -0.118. The molecule has 0 bridgehead atoms. The Morgan fingerprint density at radius 2 is 2.11 bits per heavy atom. The van der Waals surface area contributed by atoms with Crippen molar-refractivity contribution in [3.8, 4) is 6.07 Å². The van der Waals surface area contributed by atoms with Gasteiger partial charge in [-0.15, -0.1) is 0 Å². The number of aromatic nitrogens is 2. The number of carbonyl (C=O) groups is 1. The number of nitrogens with one attached hydrogen (secondary N) is 2. The van der Waals surface area contributed by atoms with E-state index < -0.39 is 0 Å². The topological polar surface area (TPSA) is 92.8 Å². The number of benzene rings is 1. The predicted octanol–water partition coefficient (Wildman–Crippen LogP) is 1.12. The van der Waals surface area contributed by atoms with Gasteiger partial charge in [0.1, 0.15) is 0 Å². The average Bonchev–Trinajstić information content (AvgIpc) is 2.73. The molecule has 1 aromatic heterocycles. The Balaban J connectivity index is 2.27. The second-order valence-electron chi connectivity index (χ2n) is 3.92. The van der Waals surface area contributed by atoms with Gasteiger partial charge >= 0.3 is 5.69 Å². The lowest BCUT2D eigenvalue weighted by Crippen LogP contribution is -2.25. The Labute approximate surface area is 103 Å². The van der Waals surface area contributed by atoms with Gasteiger partial charge in [0.15, 0.2) is 0 Å². The summed E-state index contributed by atoms with van der Waals surface area (Å²) in [4.78, 5) is 29.6. The van der Waals surface area contributed by atoms with Crippen molar-refractivity contribution in [1.29, 1.82) is 5.26 Å². The van der Waals surface area contributed by atoms with E-state index in [4.69, 9.17) is 5.26 Å². The van der Waals surface area contributed by atoms with Crippen molar-refractivity contribution in [2.45, 2.75) is 12.8 Å². The first-order valence-corrected chi connectivity index (χ1v) is 5.47. The quantitative estimate of drug-likeness (QED) is 0.847. The highest BCUT2D eigenvalue weighted by Crippen LogP contribution is 2.18. The third-order valence-corrected chi connectivity index (χ3v) is 2.71. The fourth-order valence-electron chi connectivity index (χ4n) is 1.70. The number of H-pyrrole nitrogens is 2. The van der Waals surface area contributed by atoms with E-state index in [-0.39, 0.29) is 24.4 Å². The third kappa shape index (κ3) is 2.25. The fourth-order valence-corrected chi connectivity index (χ4v) is 1.70. The molecule has 0 saturated heterocycles. The lowest BCUT2D eigenvalue weighted by Gasteiger charge is -2.16. The summed E-state index contributed by atoms with van der Waals surface area (Å²) < 4.78 is 0. The SMILES string of the molecule is CN(C(=O)CCC#N)c1ccc2[nH]c(=O)[nH]c2c1. The number of carbonyl (C=O) groups excluding carboxylic acids is 1. The van der Waals surface area contributed by atoms with E-state index in [1.807, 2.05) is 6.07 Å². The fraction of sp³-hybridized carbons (Fsp3) is 0.250. The van der Waals surface area contributed by atoms with Crippen LogP contribution in [-0.2, 0) is 4.79 Å². The highest BCUT2D eigenvalue weighted by Gasteiger charge is 2.11. The summed E-state index contributed by atoms with van der Waals surface area (Å²) in [7, 11) is 1.64. The molecule has 2 N–H and O–H groups in total. The van der Waals surface area contributed by atoms with Crippen molar-refractivity contribution in [1.82, 2.24) is 9.97 Å². The van der Waals surface area contributed by atoms with Crippen LogP contribution in [0.5, 0.6) is 0 Å². The van der Waals surface area contributed by atoms with E-state index in [1.165, 1.54) is 4.90 Å². The molecule has 0 aliphatic heterocycles. The second kappa shape index (κ2) is 4.75. The van der Waals surface area contributed by atoms with Crippen LogP contribution in [0, 0.1) is 11.3 Å². The first-order valence-electron chi connectivity index (χ1n) is 5.47. The van der Waals surface area contributed by atoms with E-state index >= 15 is 0 Å². The highest BCUT2D eigenvalue weighted by atomic mass is 16.2. The summed E-state index contributed by atoms with van der Waals surface area (Å²) in [6.45, 7) is 0. The van der Waals surface area contributed by atoms with Crippen LogP contribution in [0.15, 0.2) is 23.0 Å². The molecule has 0 spiro atoms. The Hall–Kier alpha value is -2.55. The summed E-state index contributed by atoms with van der Waals surface area (Å²) in [6.07, 6.45) is 0.390. The summed E-state index contributed by atoms with van der Waals surface area (Å²) in [5.41, 5.74) is 1.75. The summed E-state index contributed by atoms with van der Waals surface area (Å²) in [6, 6.07) is 7.14. The van der Waals surface area contributed by atoms with Crippen molar-refractivity contribution in [2.75, 3.05) is 11.9 Å². The number of aromatic amines is 2. The van der Waals surface area contributed by atoms with Gasteiger partial charge in [-0.05, 0) is 18.2 Å². The molecule has 0 atom stereocenters. The maximum Gasteiger partial charge on any atom is 0.323 e. The molecule has 0 radical (unpaired) electrons. The van der Waals surface area contributed by atoms with E-state index in [0.717, 1.165) is 0 Å². The van der Waals surface area contributed by atoms with Gasteiger partial charge in [-0.25, -0.2) is 4.79 Å². The molecule has 0 fully saturated rings. The maximum atomic E-state index is 11.7. The van der Waals surface area contributed by atoms with Gasteiger partial charge in [-0.3, -0.25) is 4.79 Å². The Kier molecular flexibility index (Phi) is 3.15. The van der Waals surface area contributed by atoms with Gasteiger partial charge in [0.25, 0.3) is 0 Å². The minimum Gasteiger partial charge on any atom is -0.315 e. The van der Waals surface area contributed by atoms with Crippen LogP contribution in [0.2, 0.25) is 0 Å². The first kappa shape index (κ1) is 11.9. The molecule has 0 aliphatic rings. The number of fused-ring (bicyclic) bond motifs is 1. The molecule has 1 aromatic carbocycles. The molecule has 1 heterocycles. The van der Waals surface area contributed by atoms with Crippen LogP contribution in [-0.4, -0.2) is 22.9 Å². The molecular formula is C12H12N4O2. The normalized spacial score (nSPS) is 10.2. The van der Waals surface area contributed by atoms with Crippen LogP contribution in [0.4, 0.5) is 5.69 Å². The summed E-state index contributed by atoms with van der Waals surface area (Å²) in [5, 5.41) is 8.45. The summed E-state index contributed by atoms with van der Waals surface area (Å²) >= 11 is 0. The molecule has 2 rings (SSSR count). The second-order valence-corrected chi connectivity index (χ2v) is 3.92. The third-order valence-electron chi connectivity index (χ3n) is 2.71. The number of hydrogen-bond acceptors (Lipinski definition) is 3. The van der Waals surface area contributed by atoms with Gasteiger partial charge in [-0.1, -0.05) is 0 Å². The number of rotatable bonds is 3. The first-order chi connectivity index (χ1) is 8.61. The molecular weight excluding hydrogens is 232 g/mol. The van der Waals surface area contributed by atoms with Crippen LogP contribution in [0.3, 0.4) is 0 Å². The minimum absolute atomic E-state index is 0.131. The highest BCUT2D eigenvalue weighted by molar-refractivity contribution is 5.94. The molecule has 0 saturated carbocycles. The van der Waals surface area contributed by atoms with Crippen molar-refractivity contribution in [2.24, 2.45) is 0 Å². The largest absolute Gasteiger partial charge is 0.323 e. The standard InChI is InChI=1S/C12H12N4O2/c1-16(11(17)3-2-6-13)8-4-5-9-10(7-8)15-12(18)14-9/h4-5,7H,2-3H2,1H3,(H2,14,15,18). The van der Waals surface area contributed by atoms with Gasteiger partial charge in [-0.2, -0.15) is 5.26 Å². The van der Waals surface area contributed by atoms with Gasteiger partial charge in [0.05, 0.1) is 17.1 Å². The molecule has 2 aromatic rings. The van der Waals surface area contributed by atoms with E-state index in [2.05, 4.69) is 9.97 Å². The smallest absolute Gasteiger partial charge is 0.315 e. The number of amides is 1. The van der Waals surface area contributed by atoms with E-state index in [9.17, 15) is 9.59 Å². The number of imidazole rings is 1. The molecule has 92 valence electrons. The Morgan fingerprint density at radius 3 is 2.83 bits per heavy atom. The van der Waals surface area contributed by atoms with Crippen LogP contribution < -0.4 is 10.6 Å². The van der Waals surface area contributed by atoms with Crippen LogP contribution in [0.25, 0.3) is 11.0 Å². The summed E-state index contributed by atoms with van der Waals surface area (Å²) in [5.74, 6) is -0.131. The number of hydrogen-bond donors (Lipinski definition) is 2. The monoisotopic (exact) mass is 244 g/mol. The van der Waals surface area contributed by atoms with E-state index in [0.29, 0.717) is 16.7 Å². The van der Waals surface area contributed by atoms with Gasteiger partial charge < -0.3 is 14.9 Å². The molecule has 6 heteroatoms. The maximum absolute atomic E-state index is 11.7. The molecule has 18 heavy (non-hydrogen) atoms. The molecule has 0 unspecified atom stereocenters. The molecule has 0 aliphatic carbocycles. The Morgan fingerprint density at radius 1 is 1.39 bits per heavy atom. The average molecular weight is 244 g/mol. The predicted molar refractivity (Wildman–Crippen MR) is 67.2 cm³/mol. The zero-order valence-electron chi connectivity index (χ0n) is 9.86. The Bertz CT molecular complexity index is 677. The zero-order chi connectivity index (χ0) is 13.1. The molecule has 6 nitrogen and oxygen atoms in total. The molecule has 1 amide bonds. The van der Waals surface area contributed by atoms with Crippen LogP contribution in [0.1, 0.15) is 12.8 Å². The van der Waals surface area contributed by atoms with Crippen molar-refractivity contribution < 1.29 is 4.79 Å². The lowest BCUT2D eigenvalue weighted by atomic mass is 10.2. The van der Waals surface area contributed by atoms with E-state index in [1.54, 1.807) is 25.2 Å². The van der Waals surface area contributed by atoms with Crippen molar-refractivity contribution >= 4 is 22.6 Å². The zero-order valence-corrected chi connectivity index (χ0v) is 9.86. The van der Waals surface area contributed by atoms with Crippen LogP contribution >= 0.6 is 0 Å². The van der Waals surface area contributed by atoms with Gasteiger partial charge in [0.2, 0.25) is 5.91 Å². The number of nitrogens with zero attached hydrogens (tertiary/aromatic N) is 2. The van der Waals surface area contributed by atoms with Crippen molar-refractivity contribution in [3.63, 3.8) is 0 Å². The van der Waals surface area contributed by atoms with Gasteiger partial charge in [0, 0.05) is 25.6 Å². The number of anilines is 1. The minimum atomic E-state index is -0.277. The van der Waals surface area contributed by atoms with Crippen molar-refractivity contribution in [3.05, 3.63) is 28.7 Å².